The molecule has 1 fully saturated rings. The van der Waals surface area contributed by atoms with E-state index in [0.717, 1.165) is 0 Å². The first-order chi connectivity index (χ1) is 10.4. The molecule has 0 heteroatoms. The van der Waals surface area contributed by atoms with Gasteiger partial charge in [0, 0.05) is 16.7 Å². The zero-order valence-corrected chi connectivity index (χ0v) is 11.8. The first-order valence-electron chi connectivity index (χ1n) is 7.94. The number of rotatable bonds is 0. The lowest BCUT2D eigenvalue weighted by Crippen LogP contribution is -2.54. The van der Waals surface area contributed by atoms with Crippen LogP contribution in [0.3, 0.4) is 0 Å². The number of hydrogen-bond donors (Lipinski definition) is 0. The van der Waals surface area contributed by atoms with E-state index in [1.807, 2.05) is 0 Å². The van der Waals surface area contributed by atoms with Gasteiger partial charge < -0.3 is 0 Å². The molecule has 0 N–H and O–H groups in total. The van der Waals surface area contributed by atoms with E-state index in [-0.39, 0.29) is 10.8 Å². The van der Waals surface area contributed by atoms with E-state index in [2.05, 4.69) is 72.8 Å². The largest absolute Gasteiger partial charge is 0.0727 e. The second kappa shape index (κ2) is 3.06. The van der Waals surface area contributed by atoms with Crippen LogP contribution < -0.4 is 0 Å². The first kappa shape index (κ1) is 10.6. The summed E-state index contributed by atoms with van der Waals surface area (Å²) in [6.45, 7) is 0. The fraction of sp³-hybridized carbons (Fsp3) is 0.238. The van der Waals surface area contributed by atoms with Crippen molar-refractivity contribution in [2.75, 3.05) is 0 Å². The maximum atomic E-state index is 2.51. The highest BCUT2D eigenvalue weighted by Crippen LogP contribution is 2.79. The molecule has 0 unspecified atom stereocenters. The van der Waals surface area contributed by atoms with Crippen LogP contribution in [0.5, 0.6) is 0 Å². The molecular formula is C21H16. The molecule has 0 saturated heterocycles. The van der Waals surface area contributed by atoms with Gasteiger partial charge in [-0.25, -0.2) is 0 Å². The van der Waals surface area contributed by atoms with Crippen LogP contribution in [-0.4, -0.2) is 0 Å². The van der Waals surface area contributed by atoms with E-state index in [1.54, 1.807) is 22.3 Å². The summed E-state index contributed by atoms with van der Waals surface area (Å²) >= 11 is 0. The van der Waals surface area contributed by atoms with Crippen molar-refractivity contribution in [3.05, 3.63) is 95.1 Å². The number of fused-ring (bicyclic) bond motifs is 6. The quantitative estimate of drug-likeness (QED) is 0.655. The molecule has 6 rings (SSSR count). The standard InChI is InChI=1S/C21H16/c1-3-9-17-14(7-1)16-13-20(17)11-5-6-12-21(20)18-10-4-2-8-15(18)19(16)21/h1-12,16,19H,13H2/t16-,19-,20+,21-/m1/s1. The van der Waals surface area contributed by atoms with Crippen LogP contribution in [0, 0.1) is 0 Å². The SMILES string of the molecule is C1=C[C@]23C[C@H](c4ccccc42)[C@H]2c4ccccc4[C@]23C=C1. The van der Waals surface area contributed by atoms with Gasteiger partial charge in [0.25, 0.3) is 0 Å². The fourth-order valence-electron chi connectivity index (χ4n) is 6.08. The third-order valence-electron chi connectivity index (χ3n) is 6.61. The molecule has 0 aromatic heterocycles. The first-order valence-corrected chi connectivity index (χ1v) is 7.94. The summed E-state index contributed by atoms with van der Waals surface area (Å²) in [7, 11) is 0. The van der Waals surface area contributed by atoms with Crippen molar-refractivity contribution in [2.45, 2.75) is 29.1 Å². The minimum absolute atomic E-state index is 0.210. The van der Waals surface area contributed by atoms with Gasteiger partial charge >= 0.3 is 0 Å². The molecule has 100 valence electrons. The average Bonchev–Trinajstić information content (AvgIpc) is 2.98. The molecule has 2 spiro atoms. The third kappa shape index (κ3) is 0.854. The van der Waals surface area contributed by atoms with Crippen LogP contribution >= 0.6 is 0 Å². The normalized spacial score (nSPS) is 39.2. The Kier molecular flexibility index (Phi) is 1.55. The molecule has 1 saturated carbocycles. The van der Waals surface area contributed by atoms with Crippen molar-refractivity contribution in [2.24, 2.45) is 0 Å². The van der Waals surface area contributed by atoms with Crippen LogP contribution in [0.2, 0.25) is 0 Å². The zero-order valence-electron chi connectivity index (χ0n) is 11.8. The highest BCUT2D eigenvalue weighted by atomic mass is 14.7. The molecule has 4 aliphatic carbocycles. The van der Waals surface area contributed by atoms with E-state index < -0.39 is 0 Å². The van der Waals surface area contributed by atoms with E-state index in [1.165, 1.54) is 6.42 Å². The molecule has 2 aromatic carbocycles. The molecule has 2 aromatic rings. The van der Waals surface area contributed by atoms with Gasteiger partial charge in [-0.15, -0.1) is 0 Å². The Morgan fingerprint density at radius 3 is 2.38 bits per heavy atom. The Morgan fingerprint density at radius 1 is 0.762 bits per heavy atom. The molecule has 0 aliphatic heterocycles. The van der Waals surface area contributed by atoms with Gasteiger partial charge in [-0.05, 0) is 34.6 Å². The monoisotopic (exact) mass is 268 g/mol. The number of benzene rings is 2. The summed E-state index contributed by atoms with van der Waals surface area (Å²) in [5.41, 5.74) is 6.81. The maximum absolute atomic E-state index is 2.51. The number of allylic oxidation sites excluding steroid dienone is 4. The van der Waals surface area contributed by atoms with Gasteiger partial charge in [0.05, 0.1) is 0 Å². The van der Waals surface area contributed by atoms with E-state index in [4.69, 9.17) is 0 Å². The van der Waals surface area contributed by atoms with Crippen LogP contribution in [0.4, 0.5) is 0 Å². The fourth-order valence-corrected chi connectivity index (χ4v) is 6.08. The smallest absolute Gasteiger partial charge is 0.0344 e. The topological polar surface area (TPSA) is 0 Å². The second-order valence-electron chi connectivity index (χ2n) is 7.02. The number of hydrogen-bond acceptors (Lipinski definition) is 0. The molecule has 4 atom stereocenters. The molecule has 0 heterocycles. The summed E-state index contributed by atoms with van der Waals surface area (Å²) in [4.78, 5) is 0. The highest BCUT2D eigenvalue weighted by Gasteiger charge is 2.73. The van der Waals surface area contributed by atoms with Gasteiger partial charge in [-0.3, -0.25) is 0 Å². The van der Waals surface area contributed by atoms with Crippen LogP contribution in [0.1, 0.15) is 40.5 Å². The van der Waals surface area contributed by atoms with E-state index in [9.17, 15) is 0 Å². The summed E-state index contributed by atoms with van der Waals surface area (Å²) in [5, 5.41) is 0. The van der Waals surface area contributed by atoms with Crippen molar-refractivity contribution < 1.29 is 0 Å². The van der Waals surface area contributed by atoms with Gasteiger partial charge in [0.2, 0.25) is 0 Å². The minimum atomic E-state index is 0.210. The predicted octanol–water partition coefficient (Wildman–Crippen LogP) is 4.59. The predicted molar refractivity (Wildman–Crippen MR) is 84.6 cm³/mol. The van der Waals surface area contributed by atoms with Crippen molar-refractivity contribution >= 4 is 0 Å². The lowest BCUT2D eigenvalue weighted by molar-refractivity contribution is 0.293. The lowest BCUT2D eigenvalue weighted by atomic mass is 9.44. The summed E-state index contributed by atoms with van der Waals surface area (Å²) in [6, 6.07) is 18.3. The van der Waals surface area contributed by atoms with E-state index in [0.29, 0.717) is 11.8 Å². The summed E-state index contributed by atoms with van der Waals surface area (Å²) in [6.07, 6.45) is 10.8. The van der Waals surface area contributed by atoms with Gasteiger partial charge in [-0.1, -0.05) is 72.8 Å². The van der Waals surface area contributed by atoms with Crippen LogP contribution in [-0.2, 0) is 10.8 Å². The van der Waals surface area contributed by atoms with E-state index >= 15 is 0 Å². The molecule has 0 amide bonds. The van der Waals surface area contributed by atoms with Gasteiger partial charge in [-0.2, -0.15) is 0 Å². The Balaban J connectivity index is 1.76. The van der Waals surface area contributed by atoms with Gasteiger partial charge in [0.15, 0.2) is 0 Å². The summed E-state index contributed by atoms with van der Waals surface area (Å²) in [5.74, 6) is 1.38. The second-order valence-corrected chi connectivity index (χ2v) is 7.02. The van der Waals surface area contributed by atoms with Gasteiger partial charge in [0.1, 0.15) is 0 Å². The molecule has 0 nitrogen and oxygen atoms in total. The molecule has 21 heavy (non-hydrogen) atoms. The van der Waals surface area contributed by atoms with Crippen molar-refractivity contribution in [3.8, 4) is 0 Å². The Bertz CT molecular complexity index is 844. The Labute approximate surface area is 124 Å². The van der Waals surface area contributed by atoms with Crippen LogP contribution in [0.25, 0.3) is 0 Å². The third-order valence-corrected chi connectivity index (χ3v) is 6.61. The Morgan fingerprint density at radius 2 is 1.48 bits per heavy atom. The molecular weight excluding hydrogens is 252 g/mol. The maximum Gasteiger partial charge on any atom is 0.0344 e. The minimum Gasteiger partial charge on any atom is -0.0727 e. The summed E-state index contributed by atoms with van der Waals surface area (Å²) < 4.78 is 0. The van der Waals surface area contributed by atoms with Crippen molar-refractivity contribution in [3.63, 3.8) is 0 Å². The highest BCUT2D eigenvalue weighted by molar-refractivity contribution is 5.72. The van der Waals surface area contributed by atoms with Crippen LogP contribution in [0.15, 0.2) is 72.8 Å². The molecule has 0 radical (unpaired) electrons. The Hall–Kier alpha value is -2.08. The average molecular weight is 268 g/mol. The van der Waals surface area contributed by atoms with Crippen molar-refractivity contribution in [1.82, 2.24) is 0 Å². The zero-order chi connectivity index (χ0) is 13.7. The molecule has 4 aliphatic rings. The van der Waals surface area contributed by atoms with Crippen molar-refractivity contribution in [1.29, 1.82) is 0 Å². The molecule has 2 bridgehead atoms. The lowest BCUT2D eigenvalue weighted by Gasteiger charge is -2.58.